The number of benzene rings is 1. The smallest absolute Gasteiger partial charge is 0.251 e. The molecule has 0 aliphatic heterocycles. The van der Waals surface area contributed by atoms with Crippen molar-refractivity contribution in [2.75, 3.05) is 6.61 Å². The average Bonchev–Trinajstić information content (AvgIpc) is 3.16. The first-order valence-electron chi connectivity index (χ1n) is 10.3. The molecule has 0 radical (unpaired) electrons. The topological polar surface area (TPSA) is 96.1 Å². The first-order chi connectivity index (χ1) is 14.1. The zero-order chi connectivity index (χ0) is 20.6. The lowest BCUT2D eigenvalue weighted by atomic mass is 9.82. The Bertz CT molecular complexity index is 805. The van der Waals surface area contributed by atoms with Gasteiger partial charge in [-0.15, -0.1) is 0 Å². The van der Waals surface area contributed by atoms with Crippen LogP contribution >= 0.6 is 0 Å². The van der Waals surface area contributed by atoms with Crippen molar-refractivity contribution in [3.63, 3.8) is 0 Å². The third-order valence-electron chi connectivity index (χ3n) is 5.25. The first-order valence-corrected chi connectivity index (χ1v) is 10.3. The molecular formula is C22H30N4O3. The summed E-state index contributed by atoms with van der Waals surface area (Å²) in [4.78, 5) is 25.3. The number of nitrogens with one attached hydrogen (secondary N) is 3. The zero-order valence-corrected chi connectivity index (χ0v) is 17.1. The molecule has 7 nitrogen and oxygen atoms in total. The van der Waals surface area contributed by atoms with Gasteiger partial charge in [-0.05, 0) is 50.8 Å². The van der Waals surface area contributed by atoms with E-state index in [1.807, 2.05) is 31.2 Å². The monoisotopic (exact) mass is 398 g/mol. The number of aromatic nitrogens is 2. The molecule has 1 aromatic heterocycles. The van der Waals surface area contributed by atoms with Crippen LogP contribution in [0.2, 0.25) is 0 Å². The molecule has 2 amide bonds. The number of aryl methyl sites for hydroxylation is 1. The van der Waals surface area contributed by atoms with Crippen LogP contribution in [-0.4, -0.2) is 40.8 Å². The Morgan fingerprint density at radius 3 is 2.72 bits per heavy atom. The molecule has 2 aromatic rings. The SMILES string of the molecule is CCCO[C@@H]1CC[C@H](C(=O)NCc2cc(C)[nH]n2)C[C@H]1NC(=O)c1ccccc1. The van der Waals surface area contributed by atoms with Crippen molar-refractivity contribution >= 4 is 11.8 Å². The van der Waals surface area contributed by atoms with Crippen molar-refractivity contribution in [1.82, 2.24) is 20.8 Å². The third kappa shape index (κ3) is 5.90. The largest absolute Gasteiger partial charge is 0.376 e. The third-order valence-corrected chi connectivity index (χ3v) is 5.25. The second-order valence-electron chi connectivity index (χ2n) is 7.63. The van der Waals surface area contributed by atoms with Crippen molar-refractivity contribution in [3.05, 3.63) is 53.3 Å². The van der Waals surface area contributed by atoms with E-state index in [0.717, 1.165) is 30.7 Å². The van der Waals surface area contributed by atoms with E-state index in [1.54, 1.807) is 12.1 Å². The molecule has 0 bridgehead atoms. The molecule has 3 rings (SSSR count). The number of carbonyl (C=O) groups excluding carboxylic acids is 2. The molecule has 156 valence electrons. The summed E-state index contributed by atoms with van der Waals surface area (Å²) < 4.78 is 5.98. The number of amides is 2. The highest BCUT2D eigenvalue weighted by molar-refractivity contribution is 5.94. The van der Waals surface area contributed by atoms with Crippen LogP contribution in [0.4, 0.5) is 0 Å². The lowest BCUT2D eigenvalue weighted by Gasteiger charge is -2.36. The van der Waals surface area contributed by atoms with Gasteiger partial charge in [0, 0.05) is 23.8 Å². The van der Waals surface area contributed by atoms with Crippen LogP contribution < -0.4 is 10.6 Å². The maximum atomic E-state index is 12.7. The van der Waals surface area contributed by atoms with Crippen molar-refractivity contribution in [3.8, 4) is 0 Å². The molecule has 3 atom stereocenters. The van der Waals surface area contributed by atoms with Gasteiger partial charge in [-0.3, -0.25) is 14.7 Å². The summed E-state index contributed by atoms with van der Waals surface area (Å²) in [5.41, 5.74) is 2.39. The summed E-state index contributed by atoms with van der Waals surface area (Å²) in [6.07, 6.45) is 2.92. The van der Waals surface area contributed by atoms with E-state index in [4.69, 9.17) is 4.74 Å². The number of nitrogens with zero attached hydrogens (tertiary/aromatic N) is 1. The lowest BCUT2D eigenvalue weighted by molar-refractivity contribution is -0.127. The molecule has 0 unspecified atom stereocenters. The minimum atomic E-state index is -0.189. The van der Waals surface area contributed by atoms with Crippen LogP contribution in [0, 0.1) is 12.8 Å². The molecule has 1 aliphatic rings. The number of aromatic amines is 1. The molecule has 1 heterocycles. The van der Waals surface area contributed by atoms with Crippen molar-refractivity contribution in [1.29, 1.82) is 0 Å². The highest BCUT2D eigenvalue weighted by Crippen LogP contribution is 2.27. The maximum absolute atomic E-state index is 12.7. The van der Waals surface area contributed by atoms with E-state index in [-0.39, 0.29) is 29.9 Å². The lowest BCUT2D eigenvalue weighted by Crippen LogP contribution is -2.50. The number of ether oxygens (including phenoxy) is 1. The van der Waals surface area contributed by atoms with Crippen LogP contribution in [0.3, 0.4) is 0 Å². The van der Waals surface area contributed by atoms with Crippen LogP contribution in [0.1, 0.15) is 54.4 Å². The fourth-order valence-electron chi connectivity index (χ4n) is 3.73. The number of hydrogen-bond donors (Lipinski definition) is 3. The molecule has 7 heteroatoms. The van der Waals surface area contributed by atoms with E-state index < -0.39 is 0 Å². The number of rotatable bonds is 8. The van der Waals surface area contributed by atoms with Gasteiger partial charge in [0.25, 0.3) is 5.91 Å². The molecule has 1 saturated carbocycles. The summed E-state index contributed by atoms with van der Waals surface area (Å²) in [6.45, 7) is 5.04. The van der Waals surface area contributed by atoms with Gasteiger partial charge < -0.3 is 15.4 Å². The minimum absolute atomic E-state index is 0.00134. The Morgan fingerprint density at radius 2 is 2.03 bits per heavy atom. The summed E-state index contributed by atoms with van der Waals surface area (Å²) in [5.74, 6) is -0.287. The Balaban J connectivity index is 1.60. The second-order valence-corrected chi connectivity index (χ2v) is 7.63. The predicted octanol–water partition coefficient (Wildman–Crippen LogP) is 2.73. The minimum Gasteiger partial charge on any atom is -0.376 e. The van der Waals surface area contributed by atoms with E-state index in [0.29, 0.717) is 25.1 Å². The van der Waals surface area contributed by atoms with Crippen LogP contribution in [0.25, 0.3) is 0 Å². The van der Waals surface area contributed by atoms with Gasteiger partial charge in [-0.2, -0.15) is 5.10 Å². The molecule has 1 fully saturated rings. The standard InChI is InChI=1S/C22H30N4O3/c1-3-11-29-20-10-9-17(21(27)23-14-18-12-15(2)25-26-18)13-19(20)24-22(28)16-7-5-4-6-8-16/h4-8,12,17,19-20H,3,9-11,13-14H2,1-2H3,(H,23,27)(H,24,28)(H,25,26)/t17-,19+,20+/m0/s1. The van der Waals surface area contributed by atoms with Gasteiger partial charge in [-0.1, -0.05) is 25.1 Å². The van der Waals surface area contributed by atoms with Crippen LogP contribution in [-0.2, 0) is 16.1 Å². The van der Waals surface area contributed by atoms with E-state index >= 15 is 0 Å². The Kier molecular flexibility index (Phi) is 7.41. The van der Waals surface area contributed by atoms with Gasteiger partial charge in [0.15, 0.2) is 0 Å². The number of H-pyrrole nitrogens is 1. The molecule has 29 heavy (non-hydrogen) atoms. The summed E-state index contributed by atoms with van der Waals surface area (Å²) in [7, 11) is 0. The summed E-state index contributed by atoms with van der Waals surface area (Å²) >= 11 is 0. The fraction of sp³-hybridized carbons (Fsp3) is 0.500. The molecule has 0 saturated heterocycles. The predicted molar refractivity (Wildman–Crippen MR) is 110 cm³/mol. The first kappa shape index (κ1) is 21.0. The maximum Gasteiger partial charge on any atom is 0.251 e. The Hall–Kier alpha value is -2.67. The van der Waals surface area contributed by atoms with Gasteiger partial charge >= 0.3 is 0 Å². The quantitative estimate of drug-likeness (QED) is 0.637. The Labute approximate surface area is 171 Å². The number of hydrogen-bond acceptors (Lipinski definition) is 4. The van der Waals surface area contributed by atoms with E-state index in [2.05, 4.69) is 27.8 Å². The molecule has 1 aromatic carbocycles. The second kappa shape index (κ2) is 10.2. The van der Waals surface area contributed by atoms with Crippen molar-refractivity contribution in [2.45, 2.75) is 58.2 Å². The van der Waals surface area contributed by atoms with Crippen LogP contribution in [0.5, 0.6) is 0 Å². The molecule has 0 spiro atoms. The summed E-state index contributed by atoms with van der Waals surface area (Å²) in [6, 6.07) is 10.9. The van der Waals surface area contributed by atoms with Gasteiger partial charge in [0.1, 0.15) is 0 Å². The van der Waals surface area contributed by atoms with Crippen LogP contribution in [0.15, 0.2) is 36.4 Å². The van der Waals surface area contributed by atoms with Gasteiger partial charge in [0.05, 0.1) is 24.4 Å². The van der Waals surface area contributed by atoms with E-state index in [1.165, 1.54) is 0 Å². The van der Waals surface area contributed by atoms with Gasteiger partial charge in [0.2, 0.25) is 5.91 Å². The van der Waals surface area contributed by atoms with Gasteiger partial charge in [-0.25, -0.2) is 0 Å². The molecule has 1 aliphatic carbocycles. The normalized spacial score (nSPS) is 21.5. The van der Waals surface area contributed by atoms with Crippen molar-refractivity contribution < 1.29 is 14.3 Å². The molecular weight excluding hydrogens is 368 g/mol. The van der Waals surface area contributed by atoms with E-state index in [9.17, 15) is 9.59 Å². The molecule has 3 N–H and O–H groups in total. The highest BCUT2D eigenvalue weighted by atomic mass is 16.5. The highest BCUT2D eigenvalue weighted by Gasteiger charge is 2.35. The fourth-order valence-corrected chi connectivity index (χ4v) is 3.73. The Morgan fingerprint density at radius 1 is 1.24 bits per heavy atom. The van der Waals surface area contributed by atoms with Crippen molar-refractivity contribution in [2.24, 2.45) is 5.92 Å². The number of carbonyl (C=O) groups is 2. The zero-order valence-electron chi connectivity index (χ0n) is 17.1. The average molecular weight is 399 g/mol. The summed E-state index contributed by atoms with van der Waals surface area (Å²) in [5, 5.41) is 13.1.